The first-order valence-electron chi connectivity index (χ1n) is 4.99. The van der Waals surface area contributed by atoms with E-state index in [0.29, 0.717) is 0 Å². The van der Waals surface area contributed by atoms with Crippen molar-refractivity contribution in [3.63, 3.8) is 0 Å². The standard InChI is InChI=1S/C10H11FN2O4/c11-5-1-6(10(16)17)9(12-2-5)13-3-7(14)8(15)4-13/h1-2,7-8,14-15H,3-4H2,(H,16,17). The molecular formula is C10H11FN2O4. The van der Waals surface area contributed by atoms with Crippen LogP contribution in [-0.2, 0) is 0 Å². The van der Waals surface area contributed by atoms with E-state index in [0.717, 1.165) is 12.3 Å². The third-order valence-corrected chi connectivity index (χ3v) is 2.62. The normalized spacial score (nSPS) is 24.1. The van der Waals surface area contributed by atoms with Crippen molar-refractivity contribution in [2.24, 2.45) is 0 Å². The zero-order chi connectivity index (χ0) is 12.6. The highest BCUT2D eigenvalue weighted by Gasteiger charge is 2.32. The van der Waals surface area contributed by atoms with Crippen LogP contribution in [0.1, 0.15) is 10.4 Å². The van der Waals surface area contributed by atoms with Crippen molar-refractivity contribution in [3.8, 4) is 0 Å². The summed E-state index contributed by atoms with van der Waals surface area (Å²) in [4.78, 5) is 16.0. The van der Waals surface area contributed by atoms with E-state index in [-0.39, 0.29) is 24.5 Å². The third kappa shape index (κ3) is 2.20. The quantitative estimate of drug-likeness (QED) is 0.645. The number of nitrogens with zero attached hydrogens (tertiary/aromatic N) is 2. The minimum atomic E-state index is -1.30. The average Bonchev–Trinajstić information content (AvgIpc) is 2.59. The maximum Gasteiger partial charge on any atom is 0.339 e. The molecule has 0 radical (unpaired) electrons. The number of aliphatic hydroxyl groups excluding tert-OH is 2. The summed E-state index contributed by atoms with van der Waals surface area (Å²) in [7, 11) is 0. The summed E-state index contributed by atoms with van der Waals surface area (Å²) in [5, 5.41) is 27.7. The van der Waals surface area contributed by atoms with Crippen LogP contribution in [-0.4, -0.2) is 51.6 Å². The molecular weight excluding hydrogens is 231 g/mol. The zero-order valence-corrected chi connectivity index (χ0v) is 8.75. The Balaban J connectivity index is 2.36. The van der Waals surface area contributed by atoms with E-state index < -0.39 is 24.0 Å². The number of carboxylic acids is 1. The second-order valence-electron chi connectivity index (χ2n) is 3.87. The first-order chi connectivity index (χ1) is 7.99. The van der Waals surface area contributed by atoms with E-state index in [9.17, 15) is 19.4 Å². The lowest BCUT2D eigenvalue weighted by Crippen LogP contribution is -2.24. The van der Waals surface area contributed by atoms with Crippen molar-refractivity contribution >= 4 is 11.8 Å². The van der Waals surface area contributed by atoms with E-state index in [1.807, 2.05) is 0 Å². The third-order valence-electron chi connectivity index (χ3n) is 2.62. The predicted molar refractivity (Wildman–Crippen MR) is 55.4 cm³/mol. The van der Waals surface area contributed by atoms with Crippen LogP contribution in [0, 0.1) is 5.82 Å². The fourth-order valence-electron chi connectivity index (χ4n) is 1.78. The van der Waals surface area contributed by atoms with E-state index >= 15 is 0 Å². The molecule has 2 heterocycles. The van der Waals surface area contributed by atoms with Gasteiger partial charge in [0.25, 0.3) is 0 Å². The number of hydrogen-bond acceptors (Lipinski definition) is 5. The van der Waals surface area contributed by atoms with Gasteiger partial charge in [-0.2, -0.15) is 0 Å². The molecule has 0 aliphatic carbocycles. The van der Waals surface area contributed by atoms with Gasteiger partial charge in [0.1, 0.15) is 17.2 Å². The molecule has 1 fully saturated rings. The van der Waals surface area contributed by atoms with Crippen LogP contribution in [0.3, 0.4) is 0 Å². The average molecular weight is 242 g/mol. The molecule has 1 saturated heterocycles. The van der Waals surface area contributed by atoms with Gasteiger partial charge in [-0.15, -0.1) is 0 Å². The first kappa shape index (κ1) is 11.7. The Morgan fingerprint density at radius 2 is 2.00 bits per heavy atom. The number of pyridine rings is 1. The van der Waals surface area contributed by atoms with Gasteiger partial charge in [0.15, 0.2) is 0 Å². The summed E-state index contributed by atoms with van der Waals surface area (Å²) in [6, 6.07) is 0.863. The van der Waals surface area contributed by atoms with Gasteiger partial charge in [0.05, 0.1) is 18.4 Å². The summed E-state index contributed by atoms with van der Waals surface area (Å²) in [6.45, 7) is 0.139. The number of halogens is 1. The molecule has 3 N–H and O–H groups in total. The molecule has 7 heteroatoms. The van der Waals surface area contributed by atoms with Crippen LogP contribution in [0.4, 0.5) is 10.2 Å². The number of carboxylic acid groups (broad SMARTS) is 1. The molecule has 1 aliphatic heterocycles. The van der Waals surface area contributed by atoms with E-state index in [2.05, 4.69) is 4.98 Å². The number of hydrogen-bond donors (Lipinski definition) is 3. The SMILES string of the molecule is O=C(O)c1cc(F)cnc1N1CC(O)C(O)C1. The largest absolute Gasteiger partial charge is 0.478 e. The van der Waals surface area contributed by atoms with E-state index in [1.165, 1.54) is 4.90 Å². The van der Waals surface area contributed by atoms with Gasteiger partial charge in [-0.3, -0.25) is 0 Å². The lowest BCUT2D eigenvalue weighted by atomic mass is 10.2. The van der Waals surface area contributed by atoms with Crippen molar-refractivity contribution in [2.45, 2.75) is 12.2 Å². The number of aromatic carboxylic acids is 1. The highest BCUT2D eigenvalue weighted by atomic mass is 19.1. The molecule has 0 amide bonds. The van der Waals surface area contributed by atoms with Gasteiger partial charge in [-0.25, -0.2) is 14.2 Å². The number of aromatic nitrogens is 1. The Kier molecular flexibility index (Phi) is 2.95. The van der Waals surface area contributed by atoms with Crippen LogP contribution in [0.15, 0.2) is 12.3 Å². The summed E-state index contributed by atoms with van der Waals surface area (Å²) >= 11 is 0. The molecule has 92 valence electrons. The first-order valence-corrected chi connectivity index (χ1v) is 4.99. The molecule has 1 aromatic heterocycles. The second-order valence-corrected chi connectivity index (χ2v) is 3.87. The molecule has 1 aliphatic rings. The molecule has 0 saturated carbocycles. The number of aliphatic hydroxyl groups is 2. The fraction of sp³-hybridized carbons (Fsp3) is 0.400. The van der Waals surface area contributed by atoms with E-state index in [1.54, 1.807) is 0 Å². The Morgan fingerprint density at radius 3 is 2.53 bits per heavy atom. The van der Waals surface area contributed by atoms with Gasteiger partial charge in [0.2, 0.25) is 0 Å². The Bertz CT molecular complexity index is 444. The van der Waals surface area contributed by atoms with Gasteiger partial charge < -0.3 is 20.2 Å². The number of carbonyl (C=O) groups is 1. The number of β-amino-alcohol motifs (C(OH)–C–C–N with tert-alkyl or cyclic N) is 2. The fourth-order valence-corrected chi connectivity index (χ4v) is 1.78. The Morgan fingerprint density at radius 1 is 1.41 bits per heavy atom. The zero-order valence-electron chi connectivity index (χ0n) is 8.75. The molecule has 1 aromatic rings. The highest BCUT2D eigenvalue weighted by molar-refractivity contribution is 5.93. The molecule has 2 rings (SSSR count). The maximum absolute atomic E-state index is 12.9. The van der Waals surface area contributed by atoms with Crippen LogP contribution in [0.25, 0.3) is 0 Å². The van der Waals surface area contributed by atoms with Crippen molar-refractivity contribution in [3.05, 3.63) is 23.6 Å². The lowest BCUT2D eigenvalue weighted by molar-refractivity contribution is 0.0572. The molecule has 17 heavy (non-hydrogen) atoms. The van der Waals surface area contributed by atoms with Gasteiger partial charge in [-0.05, 0) is 6.07 Å². The highest BCUT2D eigenvalue weighted by Crippen LogP contribution is 2.23. The molecule has 0 spiro atoms. The van der Waals surface area contributed by atoms with Crippen molar-refractivity contribution in [2.75, 3.05) is 18.0 Å². The Hall–Kier alpha value is -1.73. The maximum atomic E-state index is 12.9. The number of rotatable bonds is 2. The van der Waals surface area contributed by atoms with Gasteiger partial charge in [-0.1, -0.05) is 0 Å². The monoisotopic (exact) mass is 242 g/mol. The molecule has 6 nitrogen and oxygen atoms in total. The van der Waals surface area contributed by atoms with Crippen molar-refractivity contribution in [1.29, 1.82) is 0 Å². The van der Waals surface area contributed by atoms with Gasteiger partial charge >= 0.3 is 5.97 Å². The summed E-state index contributed by atoms with van der Waals surface area (Å²) in [6.07, 6.45) is -1.01. The molecule has 0 bridgehead atoms. The van der Waals surface area contributed by atoms with E-state index in [4.69, 9.17) is 5.11 Å². The van der Waals surface area contributed by atoms with Crippen LogP contribution in [0.2, 0.25) is 0 Å². The summed E-state index contributed by atoms with van der Waals surface area (Å²) in [5.74, 6) is -2.00. The smallest absolute Gasteiger partial charge is 0.339 e. The Labute approximate surface area is 95.9 Å². The topological polar surface area (TPSA) is 93.9 Å². The van der Waals surface area contributed by atoms with Crippen molar-refractivity contribution < 1.29 is 24.5 Å². The van der Waals surface area contributed by atoms with Crippen LogP contribution >= 0.6 is 0 Å². The minimum Gasteiger partial charge on any atom is -0.478 e. The lowest BCUT2D eigenvalue weighted by Gasteiger charge is -2.18. The second kappa shape index (κ2) is 4.27. The van der Waals surface area contributed by atoms with Gasteiger partial charge in [0, 0.05) is 13.1 Å². The van der Waals surface area contributed by atoms with Crippen molar-refractivity contribution in [1.82, 2.24) is 4.98 Å². The molecule has 0 aromatic carbocycles. The van der Waals surface area contributed by atoms with Crippen LogP contribution in [0.5, 0.6) is 0 Å². The van der Waals surface area contributed by atoms with Crippen LogP contribution < -0.4 is 4.90 Å². The summed E-state index contributed by atoms with van der Waals surface area (Å²) in [5.41, 5.74) is -0.286. The minimum absolute atomic E-state index is 0.0505. The predicted octanol–water partition coefficient (Wildman–Crippen LogP) is -0.539. The molecule has 2 unspecified atom stereocenters. The molecule has 2 atom stereocenters. The summed E-state index contributed by atoms with van der Waals surface area (Å²) < 4.78 is 12.9. The number of anilines is 1.